The lowest BCUT2D eigenvalue weighted by Gasteiger charge is -2.27. The molecule has 0 aromatic carbocycles. The molecule has 0 aliphatic heterocycles. The van der Waals surface area contributed by atoms with E-state index in [9.17, 15) is 8.78 Å². The van der Waals surface area contributed by atoms with Crippen LogP contribution in [0.4, 0.5) is 8.78 Å². The van der Waals surface area contributed by atoms with Gasteiger partial charge in [-0.2, -0.15) is 0 Å². The van der Waals surface area contributed by atoms with Crippen LogP contribution in [0.5, 0.6) is 5.88 Å². The zero-order chi connectivity index (χ0) is 13.0. The van der Waals surface area contributed by atoms with E-state index in [1.807, 2.05) is 6.92 Å². The van der Waals surface area contributed by atoms with Gasteiger partial charge in [0.25, 0.3) is 0 Å². The number of ether oxygens (including phenoxy) is 1. The van der Waals surface area contributed by atoms with E-state index in [1.165, 1.54) is 6.33 Å². The van der Waals surface area contributed by atoms with Gasteiger partial charge in [-0.25, -0.2) is 18.7 Å². The lowest BCUT2D eigenvalue weighted by atomic mass is 9.87. The van der Waals surface area contributed by atoms with Crippen molar-refractivity contribution in [2.45, 2.75) is 45.0 Å². The first-order valence-corrected chi connectivity index (χ1v) is 6.40. The average Bonchev–Trinajstić information content (AvgIpc) is 2.38. The molecule has 0 N–H and O–H groups in total. The summed E-state index contributed by atoms with van der Waals surface area (Å²) in [5.74, 6) is -1.72. The molecule has 100 valence electrons. The molecule has 0 radical (unpaired) electrons. The first kappa shape index (κ1) is 13.2. The first-order valence-electron chi connectivity index (χ1n) is 6.40. The largest absolute Gasteiger partial charge is 0.477 e. The van der Waals surface area contributed by atoms with Crippen molar-refractivity contribution >= 4 is 0 Å². The normalized spacial score (nSPS) is 19.7. The van der Waals surface area contributed by atoms with Crippen molar-refractivity contribution in [3.63, 3.8) is 0 Å². The highest BCUT2D eigenvalue weighted by Crippen LogP contribution is 2.36. The highest BCUT2D eigenvalue weighted by atomic mass is 19.3. The summed E-state index contributed by atoms with van der Waals surface area (Å²) < 4.78 is 31.5. The van der Waals surface area contributed by atoms with E-state index in [4.69, 9.17) is 4.74 Å². The van der Waals surface area contributed by atoms with Gasteiger partial charge in [-0.1, -0.05) is 6.92 Å². The van der Waals surface area contributed by atoms with Gasteiger partial charge in [-0.15, -0.1) is 0 Å². The van der Waals surface area contributed by atoms with Gasteiger partial charge in [-0.05, 0) is 25.2 Å². The summed E-state index contributed by atoms with van der Waals surface area (Å²) in [5, 5.41) is 0. The van der Waals surface area contributed by atoms with Crippen LogP contribution in [0.25, 0.3) is 0 Å². The Morgan fingerprint density at radius 3 is 2.72 bits per heavy atom. The van der Waals surface area contributed by atoms with Gasteiger partial charge in [0.2, 0.25) is 11.8 Å². The molecule has 0 unspecified atom stereocenters. The zero-order valence-corrected chi connectivity index (χ0v) is 10.5. The summed E-state index contributed by atoms with van der Waals surface area (Å²) in [7, 11) is 0. The molecule has 18 heavy (non-hydrogen) atoms. The third-order valence-corrected chi connectivity index (χ3v) is 3.36. The van der Waals surface area contributed by atoms with Gasteiger partial charge in [0.05, 0.1) is 6.61 Å². The molecule has 1 aromatic rings. The lowest BCUT2D eigenvalue weighted by molar-refractivity contribution is -0.0500. The Balaban J connectivity index is 1.81. The van der Waals surface area contributed by atoms with Crippen molar-refractivity contribution in [2.24, 2.45) is 5.92 Å². The summed E-state index contributed by atoms with van der Waals surface area (Å²) in [4.78, 5) is 8.10. The van der Waals surface area contributed by atoms with E-state index in [0.29, 0.717) is 25.3 Å². The molecule has 5 heteroatoms. The standard InChI is InChI=1S/C13H18F2N2O/c1-2-11-7-12(17-9-16-11)18-8-10-3-5-13(14,15)6-4-10/h7,9-10H,2-6,8H2,1H3. The molecule has 1 heterocycles. The molecule has 0 atom stereocenters. The van der Waals surface area contributed by atoms with E-state index >= 15 is 0 Å². The molecular weight excluding hydrogens is 238 g/mol. The summed E-state index contributed by atoms with van der Waals surface area (Å²) in [6.45, 7) is 2.48. The third-order valence-electron chi connectivity index (χ3n) is 3.36. The lowest BCUT2D eigenvalue weighted by Crippen LogP contribution is -2.27. The summed E-state index contributed by atoms with van der Waals surface area (Å²) >= 11 is 0. The van der Waals surface area contributed by atoms with Crippen LogP contribution < -0.4 is 4.74 Å². The Kier molecular flexibility index (Phi) is 4.09. The number of rotatable bonds is 4. The van der Waals surface area contributed by atoms with E-state index < -0.39 is 5.92 Å². The van der Waals surface area contributed by atoms with Gasteiger partial charge in [0, 0.05) is 24.6 Å². The molecule has 1 saturated carbocycles. The minimum atomic E-state index is -2.47. The molecule has 0 spiro atoms. The summed E-state index contributed by atoms with van der Waals surface area (Å²) in [5.41, 5.74) is 0.926. The minimum Gasteiger partial charge on any atom is -0.477 e. The van der Waals surface area contributed by atoms with Gasteiger partial charge < -0.3 is 4.74 Å². The maximum absolute atomic E-state index is 13.0. The average molecular weight is 256 g/mol. The Bertz CT molecular complexity index is 388. The Morgan fingerprint density at radius 2 is 2.06 bits per heavy atom. The van der Waals surface area contributed by atoms with Crippen LogP contribution in [0.1, 0.15) is 38.3 Å². The topological polar surface area (TPSA) is 35.0 Å². The molecule has 1 aliphatic rings. The van der Waals surface area contributed by atoms with Crippen molar-refractivity contribution in [1.82, 2.24) is 9.97 Å². The number of halogens is 2. The van der Waals surface area contributed by atoms with Crippen molar-refractivity contribution < 1.29 is 13.5 Å². The van der Waals surface area contributed by atoms with Gasteiger partial charge in [0.1, 0.15) is 6.33 Å². The predicted octanol–water partition coefficient (Wildman–Crippen LogP) is 3.24. The van der Waals surface area contributed by atoms with Crippen LogP contribution in [0.2, 0.25) is 0 Å². The SMILES string of the molecule is CCc1cc(OCC2CCC(F)(F)CC2)ncn1. The zero-order valence-electron chi connectivity index (χ0n) is 10.5. The number of hydrogen-bond donors (Lipinski definition) is 0. The maximum Gasteiger partial charge on any atom is 0.248 e. The second-order valence-electron chi connectivity index (χ2n) is 4.81. The van der Waals surface area contributed by atoms with Crippen LogP contribution in [-0.2, 0) is 6.42 Å². The Hall–Kier alpha value is -1.26. The van der Waals surface area contributed by atoms with Crippen LogP contribution >= 0.6 is 0 Å². The van der Waals surface area contributed by atoms with E-state index in [2.05, 4.69) is 9.97 Å². The molecule has 0 saturated heterocycles. The fourth-order valence-corrected chi connectivity index (χ4v) is 2.12. The number of alkyl halides is 2. The third kappa shape index (κ3) is 3.62. The number of aryl methyl sites for hydroxylation is 1. The van der Waals surface area contributed by atoms with Crippen LogP contribution in [0.3, 0.4) is 0 Å². The Morgan fingerprint density at radius 1 is 1.33 bits per heavy atom. The Labute approximate surface area is 106 Å². The maximum atomic E-state index is 13.0. The van der Waals surface area contributed by atoms with Gasteiger partial charge >= 0.3 is 0 Å². The van der Waals surface area contributed by atoms with Crippen molar-refractivity contribution in [1.29, 1.82) is 0 Å². The van der Waals surface area contributed by atoms with Crippen LogP contribution in [0, 0.1) is 5.92 Å². The van der Waals surface area contributed by atoms with E-state index in [-0.39, 0.29) is 18.8 Å². The van der Waals surface area contributed by atoms with Gasteiger partial charge in [0.15, 0.2) is 0 Å². The fourth-order valence-electron chi connectivity index (χ4n) is 2.12. The van der Waals surface area contributed by atoms with E-state index in [0.717, 1.165) is 12.1 Å². The number of hydrogen-bond acceptors (Lipinski definition) is 3. The molecule has 0 bridgehead atoms. The molecule has 3 nitrogen and oxygen atoms in total. The second kappa shape index (κ2) is 5.59. The smallest absolute Gasteiger partial charge is 0.248 e. The highest BCUT2D eigenvalue weighted by molar-refractivity contribution is 5.13. The summed E-state index contributed by atoms with van der Waals surface area (Å²) in [6.07, 6.45) is 3.31. The van der Waals surface area contributed by atoms with Gasteiger partial charge in [-0.3, -0.25) is 0 Å². The van der Waals surface area contributed by atoms with Crippen molar-refractivity contribution in [2.75, 3.05) is 6.61 Å². The fraction of sp³-hybridized carbons (Fsp3) is 0.692. The molecule has 1 fully saturated rings. The number of nitrogens with zero attached hydrogens (tertiary/aromatic N) is 2. The highest BCUT2D eigenvalue weighted by Gasteiger charge is 2.35. The molecule has 1 aliphatic carbocycles. The minimum absolute atomic E-state index is 0.0228. The quantitative estimate of drug-likeness (QED) is 0.829. The molecule has 1 aromatic heterocycles. The van der Waals surface area contributed by atoms with E-state index in [1.54, 1.807) is 6.07 Å². The molecule has 0 amide bonds. The molecule has 2 rings (SSSR count). The molecular formula is C13H18F2N2O. The second-order valence-corrected chi connectivity index (χ2v) is 4.81. The first-order chi connectivity index (χ1) is 8.59. The monoisotopic (exact) mass is 256 g/mol. The van der Waals surface area contributed by atoms with Crippen LogP contribution in [-0.4, -0.2) is 22.5 Å². The van der Waals surface area contributed by atoms with Crippen molar-refractivity contribution in [3.8, 4) is 5.88 Å². The van der Waals surface area contributed by atoms with Crippen molar-refractivity contribution in [3.05, 3.63) is 18.1 Å². The predicted molar refractivity (Wildman–Crippen MR) is 63.8 cm³/mol. The number of aromatic nitrogens is 2. The summed E-state index contributed by atoms with van der Waals surface area (Å²) in [6, 6.07) is 1.80. The van der Waals surface area contributed by atoms with Crippen LogP contribution in [0.15, 0.2) is 12.4 Å².